The maximum absolute atomic E-state index is 13.2. The number of nitrogens with zero attached hydrogens (tertiary/aromatic N) is 4. The summed E-state index contributed by atoms with van der Waals surface area (Å²) >= 11 is 0. The molecule has 1 spiro atoms. The molecule has 1 aromatic rings. The van der Waals surface area contributed by atoms with Gasteiger partial charge < -0.3 is 24.6 Å². The van der Waals surface area contributed by atoms with Crippen molar-refractivity contribution in [2.45, 2.75) is 83.2 Å². The normalized spacial score (nSPS) is 22.9. The van der Waals surface area contributed by atoms with Gasteiger partial charge in [0.25, 0.3) is 5.91 Å². The molecule has 0 bridgehead atoms. The number of hydrogen-bond acceptors (Lipinski definition) is 8. The summed E-state index contributed by atoms with van der Waals surface area (Å²) in [5, 5.41) is 16.3. The minimum atomic E-state index is -1.10. The number of carbonyl (C=O) groups excluding carboxylic acids is 3. The Labute approximate surface area is 181 Å². The largest absolute Gasteiger partial charge is 0.443 e. The van der Waals surface area contributed by atoms with Gasteiger partial charge in [-0.05, 0) is 40.0 Å². The Morgan fingerprint density at radius 3 is 2.77 bits per heavy atom. The van der Waals surface area contributed by atoms with Gasteiger partial charge in [0.2, 0.25) is 11.8 Å². The van der Waals surface area contributed by atoms with Gasteiger partial charge in [-0.15, -0.1) is 0 Å². The van der Waals surface area contributed by atoms with Crippen LogP contribution in [0.2, 0.25) is 0 Å². The molecule has 2 N–H and O–H groups in total. The van der Waals surface area contributed by atoms with Crippen molar-refractivity contribution >= 4 is 17.9 Å². The summed E-state index contributed by atoms with van der Waals surface area (Å²) in [5.41, 5.74) is -1.64. The molecule has 2 aliphatic heterocycles. The second-order valence-electron chi connectivity index (χ2n) is 8.84. The number of rotatable bonds is 8. The van der Waals surface area contributed by atoms with Crippen molar-refractivity contribution < 1.29 is 28.8 Å². The second-order valence-corrected chi connectivity index (χ2v) is 8.84. The maximum Gasteiger partial charge on any atom is 0.411 e. The van der Waals surface area contributed by atoms with Crippen LogP contribution in [-0.2, 0) is 20.9 Å². The molecule has 2 fully saturated rings. The molecule has 3 heterocycles. The van der Waals surface area contributed by atoms with Crippen LogP contribution in [-0.4, -0.2) is 79.3 Å². The summed E-state index contributed by atoms with van der Waals surface area (Å²) in [5.74, 6) is -0.676. The van der Waals surface area contributed by atoms with Gasteiger partial charge in [-0.25, -0.2) is 4.79 Å². The van der Waals surface area contributed by atoms with Crippen molar-refractivity contribution in [3.05, 3.63) is 12.2 Å². The number of nitrogens with one attached hydrogen (secondary N) is 1. The molecule has 31 heavy (non-hydrogen) atoms. The van der Waals surface area contributed by atoms with Gasteiger partial charge in [-0.1, -0.05) is 18.5 Å². The lowest BCUT2D eigenvalue weighted by molar-refractivity contribution is -0.172. The number of carbonyl (C=O) groups is 3. The Morgan fingerprint density at radius 2 is 2.19 bits per heavy atom. The molecular formula is C20H31N5O6. The number of amides is 3. The summed E-state index contributed by atoms with van der Waals surface area (Å²) in [6.45, 7) is 7.73. The lowest BCUT2D eigenvalue weighted by Crippen LogP contribution is -2.77. The van der Waals surface area contributed by atoms with Crippen molar-refractivity contribution in [1.82, 2.24) is 25.3 Å². The van der Waals surface area contributed by atoms with E-state index < -0.39 is 35.3 Å². The lowest BCUT2D eigenvalue weighted by atomic mass is 9.83. The molecule has 2 aliphatic rings. The van der Waals surface area contributed by atoms with Crippen LogP contribution in [0.15, 0.2) is 10.9 Å². The van der Waals surface area contributed by atoms with Gasteiger partial charge in [0, 0.05) is 6.54 Å². The first-order chi connectivity index (χ1) is 14.6. The lowest BCUT2D eigenvalue weighted by Gasteiger charge is -2.53. The molecule has 0 aliphatic carbocycles. The summed E-state index contributed by atoms with van der Waals surface area (Å²) in [6, 6.07) is -1.09. The molecule has 3 rings (SSSR count). The third-order valence-electron chi connectivity index (χ3n) is 5.90. The monoisotopic (exact) mass is 437 g/mol. The number of aromatic nitrogens is 2. The SMILES string of the molecule is CCCC(C)(C)OC(=O)N1CCCC12CN([C@H](C(=O)NCc1ncno1)[C@@H](C)O)C2=O. The van der Waals surface area contributed by atoms with Gasteiger partial charge in [0.15, 0.2) is 6.33 Å². The minimum Gasteiger partial charge on any atom is -0.443 e. The highest BCUT2D eigenvalue weighted by Gasteiger charge is 2.63. The molecule has 0 saturated carbocycles. The Kier molecular flexibility index (Phi) is 6.54. The number of likely N-dealkylation sites (tertiary alicyclic amines) is 2. The van der Waals surface area contributed by atoms with E-state index in [1.165, 1.54) is 23.1 Å². The van der Waals surface area contributed by atoms with E-state index in [4.69, 9.17) is 9.26 Å². The predicted octanol–water partition coefficient (Wildman–Crippen LogP) is 0.827. The maximum atomic E-state index is 13.2. The van der Waals surface area contributed by atoms with Gasteiger partial charge in [-0.2, -0.15) is 4.98 Å². The predicted molar refractivity (Wildman–Crippen MR) is 107 cm³/mol. The second kappa shape index (κ2) is 8.81. The summed E-state index contributed by atoms with van der Waals surface area (Å²) < 4.78 is 10.5. The van der Waals surface area contributed by atoms with E-state index in [9.17, 15) is 19.5 Å². The molecule has 3 atom stereocenters. The van der Waals surface area contributed by atoms with Crippen LogP contribution < -0.4 is 5.32 Å². The van der Waals surface area contributed by atoms with Gasteiger partial charge in [-0.3, -0.25) is 14.5 Å². The standard InChI is InChI=1S/C20H31N5O6/c1-5-7-19(3,4)30-18(29)25-9-6-8-20(25)11-24(17(20)28)15(13(2)26)16(27)21-10-14-22-12-23-31-14/h12-13,15,26H,5-11H2,1-4H3,(H,21,27)/t13-,15+,20?/m1/s1. The zero-order valence-electron chi connectivity index (χ0n) is 18.5. The molecule has 1 unspecified atom stereocenters. The van der Waals surface area contributed by atoms with Crippen LogP contribution in [0.3, 0.4) is 0 Å². The van der Waals surface area contributed by atoms with Crippen molar-refractivity contribution in [2.24, 2.45) is 0 Å². The smallest absolute Gasteiger partial charge is 0.411 e. The van der Waals surface area contributed by atoms with Crippen LogP contribution in [0.4, 0.5) is 4.79 Å². The van der Waals surface area contributed by atoms with Crippen LogP contribution in [0.25, 0.3) is 0 Å². The van der Waals surface area contributed by atoms with Crippen molar-refractivity contribution in [3.8, 4) is 0 Å². The number of hydrogen-bond donors (Lipinski definition) is 2. The Hall–Kier alpha value is -2.69. The summed E-state index contributed by atoms with van der Waals surface area (Å²) in [7, 11) is 0. The van der Waals surface area contributed by atoms with Crippen molar-refractivity contribution in [1.29, 1.82) is 0 Å². The highest BCUT2D eigenvalue weighted by molar-refractivity contribution is 5.99. The molecular weight excluding hydrogens is 406 g/mol. The first-order valence-corrected chi connectivity index (χ1v) is 10.6. The number of aliphatic hydroxyl groups is 1. The zero-order chi connectivity index (χ0) is 22.8. The average molecular weight is 437 g/mol. The minimum absolute atomic E-state index is 0.0137. The molecule has 2 saturated heterocycles. The molecule has 172 valence electrons. The van der Waals surface area contributed by atoms with Gasteiger partial charge in [0.05, 0.1) is 19.2 Å². The van der Waals surface area contributed by atoms with Crippen LogP contribution in [0.5, 0.6) is 0 Å². The van der Waals surface area contributed by atoms with Crippen LogP contribution in [0.1, 0.15) is 59.3 Å². The number of β-lactam (4-membered cyclic amide) rings is 1. The van der Waals surface area contributed by atoms with E-state index in [0.29, 0.717) is 25.8 Å². The number of ether oxygens (including phenoxy) is 1. The van der Waals surface area contributed by atoms with Crippen LogP contribution in [0, 0.1) is 0 Å². The van der Waals surface area contributed by atoms with Gasteiger partial charge in [0.1, 0.15) is 17.2 Å². The number of aliphatic hydroxyl groups excluding tert-OH is 1. The third kappa shape index (κ3) is 4.51. The molecule has 11 nitrogen and oxygen atoms in total. The van der Waals surface area contributed by atoms with E-state index in [1.807, 2.05) is 20.8 Å². The summed E-state index contributed by atoms with van der Waals surface area (Å²) in [6.07, 6.45) is 2.35. The van der Waals surface area contributed by atoms with Crippen LogP contribution >= 0.6 is 0 Å². The fraction of sp³-hybridized carbons (Fsp3) is 0.750. The third-order valence-corrected chi connectivity index (χ3v) is 5.90. The van der Waals surface area contributed by atoms with E-state index in [2.05, 4.69) is 15.5 Å². The van der Waals surface area contributed by atoms with E-state index in [-0.39, 0.29) is 24.9 Å². The first kappa shape index (κ1) is 23.0. The summed E-state index contributed by atoms with van der Waals surface area (Å²) in [4.78, 5) is 45.4. The fourth-order valence-corrected chi connectivity index (χ4v) is 4.46. The molecule has 0 aromatic carbocycles. The van der Waals surface area contributed by atoms with E-state index in [1.54, 1.807) is 0 Å². The molecule has 11 heteroatoms. The zero-order valence-corrected chi connectivity index (χ0v) is 18.5. The highest BCUT2D eigenvalue weighted by Crippen LogP contribution is 2.41. The molecule has 0 radical (unpaired) electrons. The Morgan fingerprint density at radius 1 is 1.45 bits per heavy atom. The van der Waals surface area contributed by atoms with Crippen molar-refractivity contribution in [2.75, 3.05) is 13.1 Å². The Bertz CT molecular complexity index is 811. The van der Waals surface area contributed by atoms with Gasteiger partial charge >= 0.3 is 6.09 Å². The van der Waals surface area contributed by atoms with E-state index in [0.717, 1.165) is 6.42 Å². The first-order valence-electron chi connectivity index (χ1n) is 10.6. The topological polar surface area (TPSA) is 138 Å². The molecule has 3 amide bonds. The molecule has 1 aromatic heterocycles. The highest BCUT2D eigenvalue weighted by atomic mass is 16.6. The van der Waals surface area contributed by atoms with E-state index >= 15 is 0 Å². The quantitative estimate of drug-likeness (QED) is 0.570. The fourth-order valence-electron chi connectivity index (χ4n) is 4.46. The average Bonchev–Trinajstić information content (AvgIpc) is 3.36. The Balaban J connectivity index is 1.68. The van der Waals surface area contributed by atoms with Crippen molar-refractivity contribution in [3.63, 3.8) is 0 Å².